The van der Waals surface area contributed by atoms with E-state index in [1.807, 2.05) is 0 Å². The molecular formula is C26H33FN2O11. The van der Waals surface area contributed by atoms with Crippen LogP contribution in [0.15, 0.2) is 23.8 Å². The molecule has 4 aliphatic carbocycles. The molecular weight excluding hydrogens is 535 g/mol. The number of amides is 1. The number of allylic oxidation sites excluding steroid dienone is 4. The predicted octanol–water partition coefficient (Wildman–Crippen LogP) is -0.114. The number of nitrogens with one attached hydrogen (secondary N) is 1. The number of hydrogen-bond donors (Lipinski definition) is 4. The molecule has 0 saturated heterocycles. The third kappa shape index (κ3) is 4.41. The van der Waals surface area contributed by atoms with E-state index >= 15 is 4.39 Å². The minimum Gasteiger partial charge on any atom is -0.456 e. The molecule has 0 aromatic rings. The molecule has 4 aliphatic rings. The van der Waals surface area contributed by atoms with Gasteiger partial charge in [-0.25, -0.2) is 4.39 Å². The second kappa shape index (κ2) is 10.3. The number of carbonyl (C=O) groups is 4. The van der Waals surface area contributed by atoms with Gasteiger partial charge in [0.2, 0.25) is 11.7 Å². The number of Topliss-reactive ketones (excluding diaryl/α,β-unsaturated/α-hetero) is 1. The van der Waals surface area contributed by atoms with E-state index in [0.717, 1.165) is 0 Å². The molecule has 0 unspecified atom stereocenters. The molecule has 0 bridgehead atoms. The van der Waals surface area contributed by atoms with E-state index in [9.17, 15) is 44.6 Å². The van der Waals surface area contributed by atoms with Crippen LogP contribution in [-0.4, -0.2) is 87.1 Å². The third-order valence-electron chi connectivity index (χ3n) is 9.57. The van der Waals surface area contributed by atoms with Gasteiger partial charge in [0.1, 0.15) is 13.2 Å². The van der Waals surface area contributed by atoms with Crippen LogP contribution in [0.25, 0.3) is 0 Å². The Morgan fingerprint density at radius 3 is 2.60 bits per heavy atom. The average Bonchev–Trinajstić information content (AvgIpc) is 3.08. The quantitative estimate of drug-likeness (QED) is 0.125. The van der Waals surface area contributed by atoms with Crippen LogP contribution in [0.3, 0.4) is 0 Å². The fourth-order valence-corrected chi connectivity index (χ4v) is 7.41. The molecule has 2 saturated carbocycles. The van der Waals surface area contributed by atoms with E-state index in [-0.39, 0.29) is 31.5 Å². The Kier molecular flexibility index (Phi) is 7.67. The first-order valence-electron chi connectivity index (χ1n) is 13.0. The molecule has 0 aromatic carbocycles. The maximum absolute atomic E-state index is 17.1. The van der Waals surface area contributed by atoms with Crippen LogP contribution < -0.4 is 5.32 Å². The number of carbonyl (C=O) groups excluding carboxylic acids is 4. The van der Waals surface area contributed by atoms with Crippen molar-refractivity contribution in [1.82, 2.24) is 5.32 Å². The summed E-state index contributed by atoms with van der Waals surface area (Å²) in [6.45, 7) is 0.985. The summed E-state index contributed by atoms with van der Waals surface area (Å²) in [6.07, 6.45) is 0.528. The Morgan fingerprint density at radius 2 is 1.93 bits per heavy atom. The summed E-state index contributed by atoms with van der Waals surface area (Å²) in [5.41, 5.74) is -6.88. The monoisotopic (exact) mass is 568 g/mol. The van der Waals surface area contributed by atoms with E-state index in [0.29, 0.717) is 5.57 Å². The number of fused-ring (bicyclic) bond motifs is 5. The number of hydrogen-bond acceptors (Lipinski definition) is 11. The molecule has 220 valence electrons. The van der Waals surface area contributed by atoms with Gasteiger partial charge in [0.15, 0.2) is 23.7 Å². The Morgan fingerprint density at radius 1 is 1.23 bits per heavy atom. The summed E-state index contributed by atoms with van der Waals surface area (Å²) >= 11 is 0. The Bertz CT molecular complexity index is 1190. The van der Waals surface area contributed by atoms with Crippen molar-refractivity contribution in [1.29, 1.82) is 0 Å². The van der Waals surface area contributed by atoms with Crippen LogP contribution in [0.1, 0.15) is 46.0 Å². The molecule has 2 fully saturated rings. The Labute approximate surface area is 228 Å². The van der Waals surface area contributed by atoms with E-state index in [1.54, 1.807) is 13.0 Å². The molecule has 0 spiro atoms. The number of halogens is 1. The average molecular weight is 569 g/mol. The van der Waals surface area contributed by atoms with Gasteiger partial charge in [0.25, 0.3) is 5.09 Å². The van der Waals surface area contributed by atoms with Crippen LogP contribution in [0.4, 0.5) is 4.39 Å². The normalized spacial score (nSPS) is 39.8. The molecule has 14 heteroatoms. The van der Waals surface area contributed by atoms with Crippen molar-refractivity contribution >= 4 is 23.4 Å². The second-order valence-electron chi connectivity index (χ2n) is 11.4. The fraction of sp³-hybridized carbons (Fsp3) is 0.692. The highest BCUT2D eigenvalue weighted by Gasteiger charge is 2.76. The van der Waals surface area contributed by atoms with Crippen LogP contribution in [0.2, 0.25) is 0 Å². The van der Waals surface area contributed by atoms with Gasteiger partial charge in [-0.2, -0.15) is 0 Å². The largest absolute Gasteiger partial charge is 0.456 e. The second-order valence-corrected chi connectivity index (χ2v) is 11.4. The van der Waals surface area contributed by atoms with Crippen LogP contribution in [0, 0.1) is 32.8 Å². The lowest BCUT2D eigenvalue weighted by molar-refractivity contribution is -0.757. The van der Waals surface area contributed by atoms with Gasteiger partial charge in [-0.05, 0) is 38.2 Å². The van der Waals surface area contributed by atoms with E-state index in [2.05, 4.69) is 10.2 Å². The predicted molar refractivity (Wildman–Crippen MR) is 131 cm³/mol. The molecule has 8 atom stereocenters. The van der Waals surface area contributed by atoms with E-state index < -0.39 is 95.1 Å². The first kappa shape index (κ1) is 29.7. The summed E-state index contributed by atoms with van der Waals surface area (Å²) in [5, 5.41) is 45.1. The van der Waals surface area contributed by atoms with Crippen molar-refractivity contribution in [2.75, 3.05) is 19.8 Å². The third-order valence-corrected chi connectivity index (χ3v) is 9.57. The summed E-state index contributed by atoms with van der Waals surface area (Å²) in [7, 11) is 0. The Balaban J connectivity index is 1.46. The fourth-order valence-electron chi connectivity index (χ4n) is 7.41. The van der Waals surface area contributed by atoms with Crippen molar-refractivity contribution in [2.45, 2.75) is 69.4 Å². The first-order valence-corrected chi connectivity index (χ1v) is 13.0. The summed E-state index contributed by atoms with van der Waals surface area (Å²) in [6, 6.07) is 0. The van der Waals surface area contributed by atoms with Gasteiger partial charge >= 0.3 is 5.97 Å². The molecule has 4 rings (SSSR count). The smallest absolute Gasteiger partial charge is 0.325 e. The van der Waals surface area contributed by atoms with Gasteiger partial charge in [0.05, 0.1) is 18.6 Å². The highest BCUT2D eigenvalue weighted by atomic mass is 19.1. The molecule has 0 heterocycles. The number of ether oxygens (including phenoxy) is 1. The Hall–Kier alpha value is -3.23. The number of alkyl halides is 1. The van der Waals surface area contributed by atoms with Gasteiger partial charge in [0, 0.05) is 23.2 Å². The molecule has 0 aromatic heterocycles. The van der Waals surface area contributed by atoms with Crippen LogP contribution >= 0.6 is 0 Å². The zero-order valence-corrected chi connectivity index (χ0v) is 22.1. The molecule has 4 N–H and O–H groups in total. The minimum absolute atomic E-state index is 0.0313. The van der Waals surface area contributed by atoms with Gasteiger partial charge in [-0.3, -0.25) is 19.2 Å². The standard InChI is InChI=1S/C26H33FN2O11/c1-23-7-5-15(30)9-14(23)3-4-16-17-10-18(31)26(36,24(17,2)11-19(32)25(16,23)27)20(33)13-39-22(35)12-28-21(34)6-8-40-29(37)38/h3,5,7,16-19,31-32,36H,4,6,8-13H2,1-2H3,(H,28,34)/t16-,17-,18+,19-,23-,24-,25-,26-/m0/s1. The highest BCUT2D eigenvalue weighted by Crippen LogP contribution is 2.69. The number of ketones is 2. The lowest BCUT2D eigenvalue weighted by Gasteiger charge is -2.61. The summed E-state index contributed by atoms with van der Waals surface area (Å²) < 4.78 is 22.0. The number of esters is 1. The number of rotatable bonds is 9. The van der Waals surface area contributed by atoms with Gasteiger partial charge < -0.3 is 30.2 Å². The molecule has 0 aliphatic heterocycles. The number of aliphatic hydroxyl groups is 3. The highest BCUT2D eigenvalue weighted by molar-refractivity contribution is 5.94. The molecule has 13 nitrogen and oxygen atoms in total. The maximum Gasteiger partial charge on any atom is 0.325 e. The zero-order chi connectivity index (χ0) is 29.7. The lowest BCUT2D eigenvalue weighted by Crippen LogP contribution is -2.69. The van der Waals surface area contributed by atoms with E-state index in [4.69, 9.17) is 4.74 Å². The number of nitrogens with zero attached hydrogens (tertiary/aromatic N) is 1. The maximum atomic E-state index is 17.1. The van der Waals surface area contributed by atoms with Crippen molar-refractivity contribution in [2.24, 2.45) is 22.7 Å². The SMILES string of the molecule is C[C@]12C=CC(=O)CC1=CC[C@H]1[C@@H]3C[C@@H](O)[C@](O)(C(=O)COC(=O)CNC(=O)CCO[N+](=O)[O-])[C@@]3(C)C[C@H](O)[C@@]12F. The summed E-state index contributed by atoms with van der Waals surface area (Å²) in [5.74, 6) is -4.62. The first-order chi connectivity index (χ1) is 18.6. The topological polar surface area (TPSA) is 203 Å². The van der Waals surface area contributed by atoms with E-state index in [1.165, 1.54) is 19.1 Å². The minimum atomic E-state index is -2.47. The van der Waals surface area contributed by atoms with Crippen molar-refractivity contribution in [3.05, 3.63) is 33.9 Å². The molecule has 0 radical (unpaired) electrons. The van der Waals surface area contributed by atoms with Crippen molar-refractivity contribution in [3.8, 4) is 0 Å². The lowest BCUT2D eigenvalue weighted by atomic mass is 9.45. The van der Waals surface area contributed by atoms with Crippen molar-refractivity contribution in [3.63, 3.8) is 0 Å². The molecule has 40 heavy (non-hydrogen) atoms. The van der Waals surface area contributed by atoms with Crippen molar-refractivity contribution < 1.29 is 53.5 Å². The van der Waals surface area contributed by atoms with Crippen LogP contribution in [0.5, 0.6) is 0 Å². The molecule has 1 amide bonds. The summed E-state index contributed by atoms with van der Waals surface area (Å²) in [4.78, 5) is 63.1. The number of aliphatic hydroxyl groups excluding tert-OH is 2. The zero-order valence-electron chi connectivity index (χ0n) is 22.1. The van der Waals surface area contributed by atoms with Gasteiger partial charge in [-0.15, -0.1) is 10.1 Å². The van der Waals surface area contributed by atoms with Gasteiger partial charge in [-0.1, -0.05) is 24.6 Å². The van der Waals surface area contributed by atoms with Crippen LogP contribution in [-0.2, 0) is 28.8 Å².